The number of rotatable bonds is 7. The topological polar surface area (TPSA) is 130 Å². The molecule has 9 nitrogen and oxygen atoms in total. The first kappa shape index (κ1) is 24.5. The van der Waals surface area contributed by atoms with Crippen LogP contribution in [0.3, 0.4) is 0 Å². The van der Waals surface area contributed by atoms with E-state index in [-0.39, 0.29) is 28.3 Å². The number of hydrogen-bond acceptors (Lipinski definition) is 8. The van der Waals surface area contributed by atoms with Crippen LogP contribution in [-0.2, 0) is 4.84 Å². The highest BCUT2D eigenvalue weighted by Gasteiger charge is 2.37. The smallest absolute Gasteiger partial charge is 0.356 e. The first-order valence-corrected chi connectivity index (χ1v) is 11.7. The molecule has 1 fully saturated rings. The molecular weight excluding hydrogens is 521 g/mol. The lowest BCUT2D eigenvalue weighted by atomic mass is 9.78. The molecule has 0 unspecified atom stereocenters. The third kappa shape index (κ3) is 5.39. The van der Waals surface area contributed by atoms with Gasteiger partial charge in [-0.25, -0.2) is 14.2 Å². The fraction of sp³-hybridized carbons (Fsp3) is 0.292. The molecule has 2 N–H and O–H groups in total. The van der Waals surface area contributed by atoms with Crippen molar-refractivity contribution in [3.63, 3.8) is 0 Å². The molecule has 0 saturated heterocycles. The van der Waals surface area contributed by atoms with Crippen LogP contribution in [0, 0.1) is 27.3 Å². The molecule has 11 heteroatoms. The summed E-state index contributed by atoms with van der Waals surface area (Å²) in [5.74, 6) is -1.06. The highest BCUT2D eigenvalue weighted by Crippen LogP contribution is 2.38. The number of nitriles is 1. The van der Waals surface area contributed by atoms with Crippen molar-refractivity contribution >= 4 is 44.2 Å². The molecule has 180 valence electrons. The van der Waals surface area contributed by atoms with Crippen LogP contribution in [0.25, 0.3) is 10.9 Å². The Hall–Kier alpha value is -3.62. The van der Waals surface area contributed by atoms with Gasteiger partial charge in [0.25, 0.3) is 0 Å². The Morgan fingerprint density at radius 3 is 2.69 bits per heavy atom. The molecule has 4 rings (SSSR count). The molecule has 0 amide bonds. The van der Waals surface area contributed by atoms with Gasteiger partial charge in [-0.05, 0) is 59.8 Å². The van der Waals surface area contributed by atoms with Gasteiger partial charge in [0, 0.05) is 17.5 Å². The quantitative estimate of drug-likeness (QED) is 0.299. The van der Waals surface area contributed by atoms with E-state index in [0.29, 0.717) is 42.1 Å². The molecule has 1 aliphatic rings. The third-order valence-corrected chi connectivity index (χ3v) is 6.77. The summed E-state index contributed by atoms with van der Waals surface area (Å²) in [6, 6.07) is 13.2. The molecule has 0 bridgehead atoms. The van der Waals surface area contributed by atoms with Crippen LogP contribution in [0.1, 0.15) is 42.5 Å². The number of nitrogens with zero attached hydrogens (tertiary/aromatic N) is 3. The van der Waals surface area contributed by atoms with Gasteiger partial charge in [0.1, 0.15) is 17.7 Å². The number of carbonyl (C=O) groups is 1. The summed E-state index contributed by atoms with van der Waals surface area (Å²) in [6.07, 6.45) is 3.35. The SMILES string of the molecule is N#CCC1(NOC(=O)c2ccccc2)CCC(Nc2c([N+](=O)[O-])cnc3cc(F)c(Br)cc23)CC1. The van der Waals surface area contributed by atoms with Gasteiger partial charge in [-0.15, -0.1) is 5.48 Å². The van der Waals surface area contributed by atoms with Crippen LogP contribution in [0.4, 0.5) is 15.8 Å². The molecule has 1 aromatic heterocycles. The molecule has 0 aliphatic heterocycles. The summed E-state index contributed by atoms with van der Waals surface area (Å²) in [5, 5.41) is 24.7. The molecule has 3 aromatic rings. The number of pyridine rings is 1. The molecule has 2 aromatic carbocycles. The summed E-state index contributed by atoms with van der Waals surface area (Å²) in [7, 11) is 0. The summed E-state index contributed by atoms with van der Waals surface area (Å²) in [6.45, 7) is 0. The number of carbonyl (C=O) groups excluding carboxylic acids is 1. The van der Waals surface area contributed by atoms with Gasteiger partial charge in [0.05, 0.1) is 38.5 Å². The van der Waals surface area contributed by atoms with Gasteiger partial charge >= 0.3 is 11.7 Å². The normalized spacial score (nSPS) is 19.6. The number of benzene rings is 2. The van der Waals surface area contributed by atoms with Crippen molar-refractivity contribution in [1.29, 1.82) is 5.26 Å². The third-order valence-electron chi connectivity index (χ3n) is 6.17. The summed E-state index contributed by atoms with van der Waals surface area (Å²) >= 11 is 3.13. The molecule has 1 heterocycles. The first-order valence-electron chi connectivity index (χ1n) is 10.9. The minimum absolute atomic E-state index is 0.131. The largest absolute Gasteiger partial charge is 0.376 e. The maximum atomic E-state index is 14.0. The Morgan fingerprint density at radius 2 is 2.03 bits per heavy atom. The molecule has 0 spiro atoms. The van der Waals surface area contributed by atoms with Crippen molar-refractivity contribution in [2.45, 2.75) is 43.7 Å². The fourth-order valence-corrected chi connectivity index (χ4v) is 4.58. The maximum Gasteiger partial charge on any atom is 0.356 e. The summed E-state index contributed by atoms with van der Waals surface area (Å²) < 4.78 is 14.2. The van der Waals surface area contributed by atoms with E-state index >= 15 is 0 Å². The van der Waals surface area contributed by atoms with E-state index in [0.717, 1.165) is 6.20 Å². The predicted octanol–water partition coefficient (Wildman–Crippen LogP) is 5.41. The fourth-order valence-electron chi connectivity index (χ4n) is 4.24. The van der Waals surface area contributed by atoms with Crippen molar-refractivity contribution in [2.24, 2.45) is 0 Å². The van der Waals surface area contributed by atoms with E-state index in [1.807, 2.05) is 0 Å². The zero-order valence-electron chi connectivity index (χ0n) is 18.5. The minimum atomic E-state index is -0.726. The molecular formula is C24H21BrFN5O4. The first-order chi connectivity index (χ1) is 16.8. The molecule has 0 atom stereocenters. The molecule has 1 aliphatic carbocycles. The highest BCUT2D eigenvalue weighted by molar-refractivity contribution is 9.10. The van der Waals surface area contributed by atoms with Crippen LogP contribution < -0.4 is 10.8 Å². The van der Waals surface area contributed by atoms with Gasteiger partial charge in [0.15, 0.2) is 0 Å². The number of aromatic nitrogens is 1. The second-order valence-electron chi connectivity index (χ2n) is 8.45. The lowest BCUT2D eigenvalue weighted by Gasteiger charge is -2.38. The predicted molar refractivity (Wildman–Crippen MR) is 130 cm³/mol. The summed E-state index contributed by atoms with van der Waals surface area (Å²) in [5.41, 5.74) is 2.84. The van der Waals surface area contributed by atoms with Gasteiger partial charge in [-0.1, -0.05) is 18.2 Å². The van der Waals surface area contributed by atoms with Crippen LogP contribution >= 0.6 is 15.9 Å². The number of anilines is 1. The Labute approximate surface area is 208 Å². The number of hydrogen-bond donors (Lipinski definition) is 2. The number of halogens is 2. The average molecular weight is 542 g/mol. The number of nitro groups is 1. The lowest BCUT2D eigenvalue weighted by Crippen LogP contribution is -2.50. The van der Waals surface area contributed by atoms with Crippen LogP contribution in [-0.4, -0.2) is 27.5 Å². The van der Waals surface area contributed by atoms with E-state index in [1.165, 1.54) is 12.1 Å². The van der Waals surface area contributed by atoms with Crippen LogP contribution in [0.15, 0.2) is 53.1 Å². The van der Waals surface area contributed by atoms with E-state index in [2.05, 4.69) is 37.8 Å². The van der Waals surface area contributed by atoms with Crippen molar-refractivity contribution < 1.29 is 18.9 Å². The summed E-state index contributed by atoms with van der Waals surface area (Å²) in [4.78, 5) is 32.8. The van der Waals surface area contributed by atoms with E-state index < -0.39 is 22.2 Å². The molecule has 0 radical (unpaired) electrons. The minimum Gasteiger partial charge on any atom is -0.376 e. The molecule has 35 heavy (non-hydrogen) atoms. The number of nitrogens with one attached hydrogen (secondary N) is 2. The highest BCUT2D eigenvalue weighted by atomic mass is 79.9. The van der Waals surface area contributed by atoms with Gasteiger partial charge in [-0.2, -0.15) is 5.26 Å². The van der Waals surface area contributed by atoms with Crippen molar-refractivity contribution in [3.8, 4) is 6.07 Å². The van der Waals surface area contributed by atoms with Gasteiger partial charge < -0.3 is 10.2 Å². The average Bonchev–Trinajstić information content (AvgIpc) is 2.85. The number of fused-ring (bicyclic) bond motifs is 1. The Balaban J connectivity index is 1.50. The van der Waals surface area contributed by atoms with Crippen molar-refractivity contribution in [2.75, 3.05) is 5.32 Å². The Morgan fingerprint density at radius 1 is 1.31 bits per heavy atom. The molecule has 1 saturated carbocycles. The zero-order valence-corrected chi connectivity index (χ0v) is 20.0. The number of hydroxylamine groups is 1. The standard InChI is InChI=1S/C24H21BrFN5O4/c25-18-12-17-20(13-19(18)26)28-14-21(31(33)34)22(17)29-16-6-8-24(9-7-16,10-11-27)30-35-23(32)15-4-2-1-3-5-15/h1-5,12-14,16,30H,6-10H2,(H,28,29). The zero-order chi connectivity index (χ0) is 25.0. The Bertz CT molecular complexity index is 1310. The van der Waals surface area contributed by atoms with Gasteiger partial charge in [0.2, 0.25) is 0 Å². The van der Waals surface area contributed by atoms with Crippen molar-refractivity contribution in [1.82, 2.24) is 10.5 Å². The van der Waals surface area contributed by atoms with E-state index in [1.54, 1.807) is 30.3 Å². The van der Waals surface area contributed by atoms with Crippen LogP contribution in [0.5, 0.6) is 0 Å². The second kappa shape index (κ2) is 10.3. The van der Waals surface area contributed by atoms with E-state index in [4.69, 9.17) is 4.84 Å². The lowest BCUT2D eigenvalue weighted by molar-refractivity contribution is -0.384. The van der Waals surface area contributed by atoms with Gasteiger partial charge in [-0.3, -0.25) is 10.1 Å². The van der Waals surface area contributed by atoms with Crippen molar-refractivity contribution in [3.05, 3.63) is 74.6 Å². The monoisotopic (exact) mass is 541 g/mol. The van der Waals surface area contributed by atoms with Crippen LogP contribution in [0.2, 0.25) is 0 Å². The maximum absolute atomic E-state index is 14.0. The Kier molecular flexibility index (Phi) is 7.23. The van der Waals surface area contributed by atoms with E-state index in [9.17, 15) is 24.6 Å². The second-order valence-corrected chi connectivity index (χ2v) is 9.30.